The molecule has 3 rings (SSSR count). The predicted octanol–water partition coefficient (Wildman–Crippen LogP) is 4.43. The van der Waals surface area contributed by atoms with Gasteiger partial charge < -0.3 is 9.72 Å². The van der Waals surface area contributed by atoms with Gasteiger partial charge >= 0.3 is 5.97 Å². The number of aromatic amines is 1. The molecule has 0 aliphatic heterocycles. The van der Waals surface area contributed by atoms with Crippen LogP contribution in [0.5, 0.6) is 0 Å². The Kier molecular flexibility index (Phi) is 3.69. The van der Waals surface area contributed by atoms with Crippen molar-refractivity contribution in [2.24, 2.45) is 0 Å². The fraction of sp³-hybridized carbons (Fsp3) is 0.0667. The third-order valence-corrected chi connectivity index (χ3v) is 4.42. The summed E-state index contributed by atoms with van der Waals surface area (Å²) in [6, 6.07) is 10.9. The fourth-order valence-corrected chi connectivity index (χ4v) is 2.70. The highest BCUT2D eigenvalue weighted by Gasteiger charge is 2.16. The molecule has 0 saturated heterocycles. The SMILES string of the molecule is COC(=O)c1cccc2[nH]c(-c3cccc(Br)c3Cl)nc12. The molecular formula is C15H10BrClN2O2. The Morgan fingerprint density at radius 1 is 1.29 bits per heavy atom. The number of nitrogens with one attached hydrogen (secondary N) is 1. The Morgan fingerprint density at radius 3 is 2.81 bits per heavy atom. The number of benzene rings is 2. The number of ether oxygens (including phenoxy) is 1. The summed E-state index contributed by atoms with van der Waals surface area (Å²) in [4.78, 5) is 19.5. The topological polar surface area (TPSA) is 55.0 Å². The maximum Gasteiger partial charge on any atom is 0.340 e. The molecule has 0 aliphatic carbocycles. The second-order valence-electron chi connectivity index (χ2n) is 4.38. The van der Waals surface area contributed by atoms with Gasteiger partial charge in [-0.2, -0.15) is 0 Å². The largest absolute Gasteiger partial charge is 0.465 e. The van der Waals surface area contributed by atoms with Gasteiger partial charge in [0.25, 0.3) is 0 Å². The lowest BCUT2D eigenvalue weighted by Gasteiger charge is -2.01. The molecule has 21 heavy (non-hydrogen) atoms. The number of esters is 1. The van der Waals surface area contributed by atoms with Crippen LogP contribution in [0.2, 0.25) is 5.02 Å². The summed E-state index contributed by atoms with van der Waals surface area (Å²) in [5.74, 6) is 0.187. The molecular weight excluding hydrogens is 356 g/mol. The van der Waals surface area contributed by atoms with E-state index < -0.39 is 5.97 Å². The molecule has 1 heterocycles. The van der Waals surface area contributed by atoms with Crippen LogP contribution in [0.15, 0.2) is 40.9 Å². The third kappa shape index (κ3) is 2.43. The second-order valence-corrected chi connectivity index (χ2v) is 5.61. The van der Waals surface area contributed by atoms with Crippen molar-refractivity contribution in [2.75, 3.05) is 7.11 Å². The number of H-pyrrole nitrogens is 1. The van der Waals surface area contributed by atoms with Crippen molar-refractivity contribution in [3.8, 4) is 11.4 Å². The van der Waals surface area contributed by atoms with Crippen LogP contribution in [0.1, 0.15) is 10.4 Å². The van der Waals surface area contributed by atoms with Gasteiger partial charge in [-0.1, -0.05) is 23.7 Å². The quantitative estimate of drug-likeness (QED) is 0.683. The molecule has 0 saturated carbocycles. The number of rotatable bonds is 2. The Morgan fingerprint density at radius 2 is 2.05 bits per heavy atom. The summed E-state index contributed by atoms with van der Waals surface area (Å²) < 4.78 is 5.56. The number of fused-ring (bicyclic) bond motifs is 1. The monoisotopic (exact) mass is 364 g/mol. The first-order valence-electron chi connectivity index (χ1n) is 6.13. The van der Waals surface area contributed by atoms with Crippen molar-refractivity contribution in [3.05, 3.63) is 51.5 Å². The number of methoxy groups -OCH3 is 1. The van der Waals surface area contributed by atoms with E-state index in [1.165, 1.54) is 7.11 Å². The molecule has 0 aliphatic rings. The van der Waals surface area contributed by atoms with Gasteiger partial charge in [0.1, 0.15) is 11.3 Å². The maximum absolute atomic E-state index is 11.8. The van der Waals surface area contributed by atoms with E-state index in [2.05, 4.69) is 25.9 Å². The lowest BCUT2D eigenvalue weighted by Crippen LogP contribution is -2.01. The van der Waals surface area contributed by atoms with Crippen LogP contribution in [0, 0.1) is 0 Å². The van der Waals surface area contributed by atoms with Gasteiger partial charge in [0, 0.05) is 10.0 Å². The summed E-state index contributed by atoms with van der Waals surface area (Å²) in [5, 5.41) is 0.566. The van der Waals surface area contributed by atoms with E-state index >= 15 is 0 Å². The number of para-hydroxylation sites is 1. The van der Waals surface area contributed by atoms with Crippen LogP contribution in [0.25, 0.3) is 22.4 Å². The first-order valence-corrected chi connectivity index (χ1v) is 7.30. The fourth-order valence-electron chi connectivity index (χ4n) is 2.12. The Balaban J connectivity index is 2.22. The highest BCUT2D eigenvalue weighted by molar-refractivity contribution is 9.10. The van der Waals surface area contributed by atoms with Crippen LogP contribution >= 0.6 is 27.5 Å². The average molecular weight is 366 g/mol. The minimum atomic E-state index is -0.418. The smallest absolute Gasteiger partial charge is 0.340 e. The molecule has 0 fully saturated rings. The van der Waals surface area contributed by atoms with Crippen LogP contribution in [0.4, 0.5) is 0 Å². The number of aromatic nitrogens is 2. The van der Waals surface area contributed by atoms with Crippen molar-refractivity contribution < 1.29 is 9.53 Å². The van der Waals surface area contributed by atoms with Crippen LogP contribution < -0.4 is 0 Å². The van der Waals surface area contributed by atoms with Gasteiger partial charge in [-0.05, 0) is 40.2 Å². The summed E-state index contributed by atoms with van der Waals surface area (Å²) in [7, 11) is 1.35. The summed E-state index contributed by atoms with van der Waals surface area (Å²) in [6.45, 7) is 0. The van der Waals surface area contributed by atoms with E-state index in [-0.39, 0.29) is 0 Å². The standard InChI is InChI=1S/C15H10BrClN2O2/c1-21-15(20)9-5-3-7-11-13(9)19-14(18-11)8-4-2-6-10(16)12(8)17/h2-7H,1H3,(H,18,19). The molecule has 6 heteroatoms. The van der Waals surface area contributed by atoms with Crippen molar-refractivity contribution in [2.45, 2.75) is 0 Å². The Hall–Kier alpha value is -1.85. The van der Waals surface area contributed by atoms with Crippen molar-refractivity contribution in [1.82, 2.24) is 9.97 Å². The summed E-state index contributed by atoms with van der Waals surface area (Å²) in [5.41, 5.74) is 2.50. The first kappa shape index (κ1) is 14.1. The molecule has 0 unspecified atom stereocenters. The minimum absolute atomic E-state index is 0.418. The molecule has 0 radical (unpaired) electrons. The molecule has 4 nitrogen and oxygen atoms in total. The van der Waals surface area contributed by atoms with Gasteiger partial charge in [0.15, 0.2) is 0 Å². The average Bonchev–Trinajstić information content (AvgIpc) is 2.92. The van der Waals surface area contributed by atoms with E-state index in [1.54, 1.807) is 12.1 Å². The maximum atomic E-state index is 11.8. The Labute approximate surface area is 134 Å². The molecule has 0 amide bonds. The van der Waals surface area contributed by atoms with Gasteiger partial charge in [-0.25, -0.2) is 9.78 Å². The lowest BCUT2D eigenvalue weighted by atomic mass is 10.2. The van der Waals surface area contributed by atoms with Crippen molar-refractivity contribution >= 4 is 44.5 Å². The van der Waals surface area contributed by atoms with Crippen LogP contribution in [0.3, 0.4) is 0 Å². The van der Waals surface area contributed by atoms with Crippen molar-refractivity contribution in [1.29, 1.82) is 0 Å². The molecule has 1 N–H and O–H groups in total. The summed E-state index contributed by atoms with van der Waals surface area (Å²) >= 11 is 9.67. The number of hydrogen-bond acceptors (Lipinski definition) is 3. The zero-order valence-corrected chi connectivity index (χ0v) is 13.3. The van der Waals surface area contributed by atoms with E-state index in [0.29, 0.717) is 21.9 Å². The highest BCUT2D eigenvalue weighted by atomic mass is 79.9. The zero-order chi connectivity index (χ0) is 15.0. The van der Waals surface area contributed by atoms with Crippen molar-refractivity contribution in [3.63, 3.8) is 0 Å². The number of nitrogens with zero attached hydrogens (tertiary/aromatic N) is 1. The molecule has 0 bridgehead atoms. The number of carbonyl (C=O) groups excluding carboxylic acids is 1. The molecule has 1 aromatic heterocycles. The molecule has 0 atom stereocenters. The Bertz CT molecular complexity index is 845. The zero-order valence-electron chi connectivity index (χ0n) is 11.0. The van der Waals surface area contributed by atoms with E-state index in [4.69, 9.17) is 16.3 Å². The molecule has 3 aromatic rings. The number of hydrogen-bond donors (Lipinski definition) is 1. The van der Waals surface area contributed by atoms with E-state index in [0.717, 1.165) is 15.6 Å². The van der Waals surface area contributed by atoms with Crippen LogP contribution in [-0.4, -0.2) is 23.0 Å². The molecule has 106 valence electrons. The lowest BCUT2D eigenvalue weighted by molar-refractivity contribution is 0.0603. The van der Waals surface area contributed by atoms with Gasteiger partial charge in [0.05, 0.1) is 23.2 Å². The third-order valence-electron chi connectivity index (χ3n) is 3.12. The molecule has 0 spiro atoms. The normalized spacial score (nSPS) is 10.8. The predicted molar refractivity (Wildman–Crippen MR) is 85.6 cm³/mol. The second kappa shape index (κ2) is 5.50. The minimum Gasteiger partial charge on any atom is -0.465 e. The molecule has 2 aromatic carbocycles. The van der Waals surface area contributed by atoms with Gasteiger partial charge in [-0.3, -0.25) is 0 Å². The number of halogens is 2. The van der Waals surface area contributed by atoms with Crippen LogP contribution in [-0.2, 0) is 4.74 Å². The van der Waals surface area contributed by atoms with Gasteiger partial charge in [0.2, 0.25) is 0 Å². The number of imidazole rings is 1. The number of carbonyl (C=O) groups is 1. The summed E-state index contributed by atoms with van der Waals surface area (Å²) in [6.07, 6.45) is 0. The van der Waals surface area contributed by atoms with E-state index in [1.807, 2.05) is 24.3 Å². The van der Waals surface area contributed by atoms with E-state index in [9.17, 15) is 4.79 Å². The van der Waals surface area contributed by atoms with Gasteiger partial charge in [-0.15, -0.1) is 0 Å². The highest BCUT2D eigenvalue weighted by Crippen LogP contribution is 2.33. The first-order chi connectivity index (χ1) is 10.1.